The van der Waals surface area contributed by atoms with Crippen LogP contribution in [0.5, 0.6) is 5.75 Å². The second-order valence-electron chi connectivity index (χ2n) is 5.64. The van der Waals surface area contributed by atoms with Crippen LogP contribution in [-0.4, -0.2) is 31.2 Å². The van der Waals surface area contributed by atoms with Crippen LogP contribution in [0.1, 0.15) is 24.5 Å². The Kier molecular flexibility index (Phi) is 7.78. The van der Waals surface area contributed by atoms with Crippen LogP contribution < -0.4 is 15.5 Å². The zero-order valence-corrected chi connectivity index (χ0v) is 15.4. The van der Waals surface area contributed by atoms with Crippen molar-refractivity contribution in [2.75, 3.05) is 13.7 Å². The third-order valence-electron chi connectivity index (χ3n) is 3.72. The Hall–Kier alpha value is -3.41. The maximum Gasteiger partial charge on any atom is 0.259 e. The SMILES string of the molecule is CC/C(=N/NC(=O)CNC(=O)/C=C/c1ccc(OC)cc1)c1ccccc1. The fraction of sp³-hybridized carbons (Fsp3) is 0.190. The van der Waals surface area contributed by atoms with Gasteiger partial charge in [-0.2, -0.15) is 5.10 Å². The maximum absolute atomic E-state index is 11.9. The predicted octanol–water partition coefficient (Wildman–Crippen LogP) is 2.76. The number of benzene rings is 2. The van der Waals surface area contributed by atoms with E-state index in [0.29, 0.717) is 6.42 Å². The lowest BCUT2D eigenvalue weighted by Crippen LogP contribution is -2.34. The van der Waals surface area contributed by atoms with Gasteiger partial charge in [0, 0.05) is 6.08 Å². The fourth-order valence-electron chi connectivity index (χ4n) is 2.26. The largest absolute Gasteiger partial charge is 0.497 e. The van der Waals surface area contributed by atoms with Gasteiger partial charge in [0.25, 0.3) is 5.91 Å². The third kappa shape index (κ3) is 6.78. The van der Waals surface area contributed by atoms with Crippen LogP contribution in [0.4, 0.5) is 0 Å². The van der Waals surface area contributed by atoms with Gasteiger partial charge in [0.1, 0.15) is 5.75 Å². The average Bonchev–Trinajstić information content (AvgIpc) is 2.72. The molecule has 0 aliphatic carbocycles. The molecule has 2 aromatic rings. The van der Waals surface area contributed by atoms with E-state index in [1.54, 1.807) is 25.3 Å². The zero-order chi connectivity index (χ0) is 19.5. The Bertz CT molecular complexity index is 812. The second kappa shape index (κ2) is 10.6. The van der Waals surface area contributed by atoms with Gasteiger partial charge in [-0.15, -0.1) is 0 Å². The fourth-order valence-corrected chi connectivity index (χ4v) is 2.26. The molecular weight excluding hydrogens is 342 g/mol. The van der Waals surface area contributed by atoms with Crippen LogP contribution in [0.15, 0.2) is 65.8 Å². The summed E-state index contributed by atoms with van der Waals surface area (Å²) in [6.45, 7) is 1.81. The number of nitrogens with zero attached hydrogens (tertiary/aromatic N) is 1. The number of rotatable bonds is 8. The standard InChI is InChI=1S/C21H23N3O3/c1-3-19(17-7-5-4-6-8-17)23-24-21(26)15-22-20(25)14-11-16-9-12-18(27-2)13-10-16/h4-14H,3,15H2,1-2H3,(H,22,25)(H,24,26)/b14-11+,23-19-. The molecule has 0 heterocycles. The Morgan fingerprint density at radius 3 is 2.41 bits per heavy atom. The Morgan fingerprint density at radius 1 is 1.07 bits per heavy atom. The Labute approximate surface area is 158 Å². The van der Waals surface area contributed by atoms with E-state index in [-0.39, 0.29) is 18.4 Å². The average molecular weight is 365 g/mol. The minimum Gasteiger partial charge on any atom is -0.497 e. The van der Waals surface area contributed by atoms with Crippen molar-refractivity contribution in [2.45, 2.75) is 13.3 Å². The van der Waals surface area contributed by atoms with Crippen molar-refractivity contribution in [1.82, 2.24) is 10.7 Å². The monoisotopic (exact) mass is 365 g/mol. The summed E-state index contributed by atoms with van der Waals surface area (Å²) in [6.07, 6.45) is 3.72. The molecule has 0 aliphatic rings. The lowest BCUT2D eigenvalue weighted by Gasteiger charge is -2.05. The van der Waals surface area contributed by atoms with Gasteiger partial charge in [-0.1, -0.05) is 49.4 Å². The molecule has 140 valence electrons. The number of hydrogen-bond donors (Lipinski definition) is 2. The van der Waals surface area contributed by atoms with Gasteiger partial charge in [-0.25, -0.2) is 5.43 Å². The summed E-state index contributed by atoms with van der Waals surface area (Å²) < 4.78 is 5.08. The molecule has 0 spiro atoms. The van der Waals surface area contributed by atoms with Crippen LogP contribution in [0, 0.1) is 0 Å². The van der Waals surface area contributed by atoms with Crippen molar-refractivity contribution < 1.29 is 14.3 Å². The molecular formula is C21H23N3O3. The van der Waals surface area contributed by atoms with Gasteiger partial charge in [0.2, 0.25) is 5.91 Å². The van der Waals surface area contributed by atoms with Crippen molar-refractivity contribution in [3.8, 4) is 5.75 Å². The first kappa shape index (κ1) is 19.9. The van der Waals surface area contributed by atoms with Crippen molar-refractivity contribution in [1.29, 1.82) is 0 Å². The highest BCUT2D eigenvalue weighted by molar-refractivity contribution is 6.01. The molecule has 0 bridgehead atoms. The molecule has 0 saturated heterocycles. The molecule has 0 fully saturated rings. The number of amides is 2. The van der Waals surface area contributed by atoms with Crippen LogP contribution in [0.25, 0.3) is 6.08 Å². The summed E-state index contributed by atoms with van der Waals surface area (Å²) in [5, 5.41) is 6.66. The number of hydrogen-bond acceptors (Lipinski definition) is 4. The van der Waals surface area contributed by atoms with Crippen LogP contribution in [0.3, 0.4) is 0 Å². The lowest BCUT2D eigenvalue weighted by atomic mass is 10.1. The molecule has 0 radical (unpaired) electrons. The smallest absolute Gasteiger partial charge is 0.259 e. The molecule has 6 nitrogen and oxygen atoms in total. The van der Waals surface area contributed by atoms with Crippen LogP contribution in [0.2, 0.25) is 0 Å². The van der Waals surface area contributed by atoms with E-state index in [0.717, 1.165) is 22.6 Å². The molecule has 2 N–H and O–H groups in total. The number of ether oxygens (including phenoxy) is 1. The van der Waals surface area contributed by atoms with Gasteiger partial charge >= 0.3 is 0 Å². The minimum absolute atomic E-state index is 0.152. The van der Waals surface area contributed by atoms with Gasteiger partial charge in [-0.3, -0.25) is 9.59 Å². The minimum atomic E-state index is -0.386. The second-order valence-corrected chi connectivity index (χ2v) is 5.64. The predicted molar refractivity (Wildman–Crippen MR) is 106 cm³/mol. The number of hydrazone groups is 1. The van der Waals surface area contributed by atoms with Crippen molar-refractivity contribution >= 4 is 23.6 Å². The maximum atomic E-state index is 11.9. The van der Waals surface area contributed by atoms with E-state index in [1.807, 2.05) is 49.4 Å². The third-order valence-corrected chi connectivity index (χ3v) is 3.72. The molecule has 2 aromatic carbocycles. The zero-order valence-electron chi connectivity index (χ0n) is 15.4. The highest BCUT2D eigenvalue weighted by Crippen LogP contribution is 2.12. The lowest BCUT2D eigenvalue weighted by molar-refractivity contribution is -0.123. The molecule has 6 heteroatoms. The van der Waals surface area contributed by atoms with E-state index >= 15 is 0 Å². The quantitative estimate of drug-likeness (QED) is 0.429. The van der Waals surface area contributed by atoms with Gasteiger partial charge in [-0.05, 0) is 35.8 Å². The molecule has 0 unspecified atom stereocenters. The normalized spacial score (nSPS) is 11.3. The molecule has 2 rings (SSSR count). The van der Waals surface area contributed by atoms with Gasteiger partial charge in [0.05, 0.1) is 19.4 Å². The van der Waals surface area contributed by atoms with E-state index in [2.05, 4.69) is 15.8 Å². The summed E-state index contributed by atoms with van der Waals surface area (Å²) in [5.41, 5.74) is 5.05. The van der Waals surface area contributed by atoms with E-state index in [9.17, 15) is 9.59 Å². The first-order valence-electron chi connectivity index (χ1n) is 8.63. The number of carbonyl (C=O) groups is 2. The summed E-state index contributed by atoms with van der Waals surface area (Å²) in [4.78, 5) is 23.7. The van der Waals surface area contributed by atoms with E-state index in [4.69, 9.17) is 4.74 Å². The number of methoxy groups -OCH3 is 1. The molecule has 0 aliphatic heterocycles. The van der Waals surface area contributed by atoms with Gasteiger partial charge < -0.3 is 10.1 Å². The summed E-state index contributed by atoms with van der Waals surface area (Å²) in [7, 11) is 1.59. The number of carbonyl (C=O) groups excluding carboxylic acids is 2. The molecule has 2 amide bonds. The number of nitrogens with one attached hydrogen (secondary N) is 2. The molecule has 0 aromatic heterocycles. The van der Waals surface area contributed by atoms with Crippen LogP contribution in [-0.2, 0) is 9.59 Å². The summed E-state index contributed by atoms with van der Waals surface area (Å²) in [5.74, 6) is 0.00239. The highest BCUT2D eigenvalue weighted by Gasteiger charge is 2.04. The topological polar surface area (TPSA) is 79.8 Å². The van der Waals surface area contributed by atoms with Gasteiger partial charge in [0.15, 0.2) is 0 Å². The molecule has 27 heavy (non-hydrogen) atoms. The Balaban J connectivity index is 1.81. The van der Waals surface area contributed by atoms with Crippen molar-refractivity contribution in [3.63, 3.8) is 0 Å². The van der Waals surface area contributed by atoms with Crippen molar-refractivity contribution in [2.24, 2.45) is 5.10 Å². The van der Waals surface area contributed by atoms with E-state index in [1.165, 1.54) is 6.08 Å². The molecule has 0 atom stereocenters. The molecule has 0 saturated carbocycles. The first-order valence-corrected chi connectivity index (χ1v) is 8.63. The first-order chi connectivity index (χ1) is 13.1. The summed E-state index contributed by atoms with van der Waals surface area (Å²) in [6, 6.07) is 16.9. The van der Waals surface area contributed by atoms with Crippen LogP contribution >= 0.6 is 0 Å². The highest BCUT2D eigenvalue weighted by atomic mass is 16.5. The van der Waals surface area contributed by atoms with Crippen molar-refractivity contribution in [3.05, 3.63) is 71.8 Å². The Morgan fingerprint density at radius 2 is 1.78 bits per heavy atom. The van der Waals surface area contributed by atoms with E-state index < -0.39 is 0 Å². The summed E-state index contributed by atoms with van der Waals surface area (Å²) >= 11 is 0.